The van der Waals surface area contributed by atoms with Gasteiger partial charge in [0.05, 0.1) is 6.10 Å². The summed E-state index contributed by atoms with van der Waals surface area (Å²) in [4.78, 5) is 13.1. The zero-order valence-electron chi connectivity index (χ0n) is 14.5. The zero-order valence-corrected chi connectivity index (χ0v) is 15.3. The molecule has 1 atom stereocenters. The minimum absolute atomic E-state index is 0.0868. The van der Waals surface area contributed by atoms with Gasteiger partial charge in [-0.05, 0) is 46.9 Å². The van der Waals surface area contributed by atoms with Crippen molar-refractivity contribution in [3.63, 3.8) is 0 Å². The van der Waals surface area contributed by atoms with Gasteiger partial charge in [0.1, 0.15) is 5.75 Å². The number of benzene rings is 3. The molecule has 0 aliphatic rings. The number of aliphatic hydroxyl groups is 1. The third-order valence-electron chi connectivity index (χ3n) is 4.08. The Labute approximate surface area is 157 Å². The van der Waals surface area contributed by atoms with Gasteiger partial charge in [-0.25, -0.2) is 0 Å². The average Bonchev–Trinajstić information content (AvgIpc) is 2.70. The second-order valence-corrected chi connectivity index (χ2v) is 6.77. The lowest BCUT2D eigenvalue weighted by atomic mass is 10.1. The Morgan fingerprint density at radius 1 is 1.08 bits per heavy atom. The van der Waals surface area contributed by atoms with Gasteiger partial charge in [-0.3, -0.25) is 4.79 Å². The summed E-state index contributed by atoms with van der Waals surface area (Å²) < 4.78 is 5.55. The lowest BCUT2D eigenvalue weighted by molar-refractivity contribution is -0.123. The first-order valence-corrected chi connectivity index (χ1v) is 9.58. The van der Waals surface area contributed by atoms with Gasteiger partial charge in [0.25, 0.3) is 5.91 Å². The number of nitrogens with one attached hydrogen (secondary N) is 1. The van der Waals surface area contributed by atoms with Crippen LogP contribution in [0.1, 0.15) is 11.7 Å². The molecular weight excluding hydrogens is 346 g/mol. The summed E-state index contributed by atoms with van der Waals surface area (Å²) >= 11 is 1.64. The van der Waals surface area contributed by atoms with Crippen LogP contribution in [0.15, 0.2) is 71.6 Å². The van der Waals surface area contributed by atoms with Crippen LogP contribution in [-0.2, 0) is 4.79 Å². The summed E-state index contributed by atoms with van der Waals surface area (Å²) in [6, 6.07) is 21.3. The van der Waals surface area contributed by atoms with E-state index >= 15 is 0 Å². The minimum atomic E-state index is -0.740. The Morgan fingerprint density at radius 3 is 2.54 bits per heavy atom. The summed E-state index contributed by atoms with van der Waals surface area (Å²) in [5.74, 6) is 0.380. The predicted octanol–water partition coefficient (Wildman–Crippen LogP) is 3.79. The molecule has 26 heavy (non-hydrogen) atoms. The number of carbonyl (C=O) groups excluding carboxylic acids is 1. The lowest BCUT2D eigenvalue weighted by Gasteiger charge is -2.13. The standard InChI is InChI=1S/C21H21NO3S/c1-26-19-10-7-16(8-11-19)20(23)13-22-21(24)14-25-18-9-6-15-4-2-3-5-17(15)12-18/h2-12,20,23H,13-14H2,1H3,(H,22,24). The van der Waals surface area contributed by atoms with E-state index in [1.54, 1.807) is 11.8 Å². The molecule has 3 aromatic rings. The highest BCUT2D eigenvalue weighted by atomic mass is 32.2. The molecule has 3 aromatic carbocycles. The largest absolute Gasteiger partial charge is 0.484 e. The number of hydrogen-bond donors (Lipinski definition) is 2. The molecule has 0 radical (unpaired) electrons. The van der Waals surface area contributed by atoms with E-state index in [-0.39, 0.29) is 19.1 Å². The van der Waals surface area contributed by atoms with E-state index in [9.17, 15) is 9.90 Å². The maximum Gasteiger partial charge on any atom is 0.258 e. The summed E-state index contributed by atoms with van der Waals surface area (Å²) in [5.41, 5.74) is 0.776. The number of aliphatic hydroxyl groups excluding tert-OH is 1. The molecule has 0 aliphatic heterocycles. The highest BCUT2D eigenvalue weighted by Gasteiger charge is 2.10. The monoisotopic (exact) mass is 367 g/mol. The molecule has 0 spiro atoms. The first-order chi connectivity index (χ1) is 12.7. The number of rotatable bonds is 7. The number of hydrogen-bond acceptors (Lipinski definition) is 4. The van der Waals surface area contributed by atoms with Crippen molar-refractivity contribution in [3.8, 4) is 5.75 Å². The second-order valence-electron chi connectivity index (χ2n) is 5.89. The van der Waals surface area contributed by atoms with Crippen LogP contribution in [0.3, 0.4) is 0 Å². The highest BCUT2D eigenvalue weighted by Crippen LogP contribution is 2.21. The molecule has 134 valence electrons. The van der Waals surface area contributed by atoms with E-state index in [0.29, 0.717) is 5.75 Å². The smallest absolute Gasteiger partial charge is 0.258 e. The van der Waals surface area contributed by atoms with Gasteiger partial charge in [-0.1, -0.05) is 42.5 Å². The molecule has 5 heteroatoms. The summed E-state index contributed by atoms with van der Waals surface area (Å²) in [6.45, 7) is 0.0645. The van der Waals surface area contributed by atoms with Crippen LogP contribution in [0, 0.1) is 0 Å². The third-order valence-corrected chi connectivity index (χ3v) is 4.83. The van der Waals surface area contributed by atoms with E-state index in [1.165, 1.54) is 0 Å². The van der Waals surface area contributed by atoms with Gasteiger partial charge in [0, 0.05) is 11.4 Å². The second kappa shape index (κ2) is 8.74. The number of carbonyl (C=O) groups is 1. The molecule has 4 nitrogen and oxygen atoms in total. The van der Waals surface area contributed by atoms with Crippen molar-refractivity contribution in [1.82, 2.24) is 5.32 Å². The maximum absolute atomic E-state index is 12.0. The van der Waals surface area contributed by atoms with Crippen LogP contribution in [0.5, 0.6) is 5.75 Å². The van der Waals surface area contributed by atoms with Crippen LogP contribution in [0.25, 0.3) is 10.8 Å². The predicted molar refractivity (Wildman–Crippen MR) is 106 cm³/mol. The molecule has 0 saturated heterocycles. The number of fused-ring (bicyclic) bond motifs is 1. The quantitative estimate of drug-likeness (QED) is 0.624. The van der Waals surface area contributed by atoms with Crippen molar-refractivity contribution in [2.75, 3.05) is 19.4 Å². The fourth-order valence-electron chi connectivity index (χ4n) is 2.61. The summed E-state index contributed by atoms with van der Waals surface area (Å²) in [6.07, 6.45) is 1.26. The average molecular weight is 367 g/mol. The molecule has 0 saturated carbocycles. The molecule has 0 aliphatic carbocycles. The van der Waals surface area contributed by atoms with Gasteiger partial charge >= 0.3 is 0 Å². The number of amides is 1. The first kappa shape index (κ1) is 18.3. The third kappa shape index (κ3) is 4.77. The van der Waals surface area contributed by atoms with Crippen molar-refractivity contribution in [2.24, 2.45) is 0 Å². The molecule has 1 amide bonds. The van der Waals surface area contributed by atoms with E-state index in [4.69, 9.17) is 4.74 Å². The Balaban J connectivity index is 1.48. The molecular formula is C21H21NO3S. The molecule has 0 fully saturated rings. The Kier molecular flexibility index (Phi) is 6.15. The molecule has 1 unspecified atom stereocenters. The molecule has 0 bridgehead atoms. The Bertz CT molecular complexity index is 880. The first-order valence-electron chi connectivity index (χ1n) is 8.36. The van der Waals surface area contributed by atoms with E-state index in [1.807, 2.05) is 73.0 Å². The van der Waals surface area contributed by atoms with Crippen LogP contribution < -0.4 is 10.1 Å². The van der Waals surface area contributed by atoms with Crippen LogP contribution in [-0.4, -0.2) is 30.4 Å². The van der Waals surface area contributed by atoms with Crippen molar-refractivity contribution in [1.29, 1.82) is 0 Å². The molecule has 0 aromatic heterocycles. The van der Waals surface area contributed by atoms with Crippen molar-refractivity contribution < 1.29 is 14.6 Å². The Morgan fingerprint density at radius 2 is 1.81 bits per heavy atom. The van der Waals surface area contributed by atoms with E-state index < -0.39 is 6.10 Å². The fraction of sp³-hybridized carbons (Fsp3) is 0.190. The van der Waals surface area contributed by atoms with Gasteiger partial charge in [0.15, 0.2) is 6.61 Å². The normalized spacial score (nSPS) is 11.9. The van der Waals surface area contributed by atoms with Gasteiger partial charge < -0.3 is 15.2 Å². The zero-order chi connectivity index (χ0) is 18.4. The lowest BCUT2D eigenvalue weighted by Crippen LogP contribution is -2.32. The molecule has 0 heterocycles. The van der Waals surface area contributed by atoms with Gasteiger partial charge in [-0.2, -0.15) is 0 Å². The van der Waals surface area contributed by atoms with Crippen molar-refractivity contribution in [3.05, 3.63) is 72.3 Å². The van der Waals surface area contributed by atoms with Gasteiger partial charge in [-0.15, -0.1) is 11.8 Å². The number of thioether (sulfide) groups is 1. The topological polar surface area (TPSA) is 58.6 Å². The van der Waals surface area contributed by atoms with E-state index in [2.05, 4.69) is 5.32 Å². The van der Waals surface area contributed by atoms with Crippen molar-refractivity contribution >= 4 is 28.4 Å². The fourth-order valence-corrected chi connectivity index (χ4v) is 3.02. The minimum Gasteiger partial charge on any atom is -0.484 e. The van der Waals surface area contributed by atoms with Crippen molar-refractivity contribution in [2.45, 2.75) is 11.0 Å². The highest BCUT2D eigenvalue weighted by molar-refractivity contribution is 7.98. The molecule has 2 N–H and O–H groups in total. The summed E-state index contributed by atoms with van der Waals surface area (Å²) in [5, 5.41) is 15.1. The summed E-state index contributed by atoms with van der Waals surface area (Å²) in [7, 11) is 0. The van der Waals surface area contributed by atoms with Crippen LogP contribution in [0.4, 0.5) is 0 Å². The van der Waals surface area contributed by atoms with E-state index in [0.717, 1.165) is 21.2 Å². The molecule has 3 rings (SSSR count). The number of ether oxygens (including phenoxy) is 1. The SMILES string of the molecule is CSc1ccc(C(O)CNC(=O)COc2ccc3ccccc3c2)cc1. The van der Waals surface area contributed by atoms with Gasteiger partial charge in [0.2, 0.25) is 0 Å². The maximum atomic E-state index is 12.0. The Hall–Kier alpha value is -2.50. The van der Waals surface area contributed by atoms with Crippen LogP contribution in [0.2, 0.25) is 0 Å². The van der Waals surface area contributed by atoms with Crippen LogP contribution >= 0.6 is 11.8 Å².